The van der Waals surface area contributed by atoms with E-state index >= 15 is 0 Å². The summed E-state index contributed by atoms with van der Waals surface area (Å²) in [5.74, 6) is 0.0549. The van der Waals surface area contributed by atoms with Gasteiger partial charge in [-0.05, 0) is 49.9 Å². The van der Waals surface area contributed by atoms with E-state index in [1.807, 2.05) is 62.5 Å². The third-order valence-corrected chi connectivity index (χ3v) is 4.95. The van der Waals surface area contributed by atoms with E-state index in [0.29, 0.717) is 5.75 Å². The van der Waals surface area contributed by atoms with Crippen molar-refractivity contribution in [3.8, 4) is 5.75 Å². The highest BCUT2D eigenvalue weighted by atomic mass is 32.1. The number of amides is 1. The summed E-state index contributed by atoms with van der Waals surface area (Å²) in [6, 6.07) is 11.2. The lowest BCUT2D eigenvalue weighted by Gasteiger charge is -2.23. The molecule has 0 radical (unpaired) electrons. The molecule has 0 aliphatic heterocycles. The highest BCUT2D eigenvalue weighted by Gasteiger charge is 2.19. The molecule has 0 saturated carbocycles. The minimum absolute atomic E-state index is 0.0499. The third-order valence-electron chi connectivity index (χ3n) is 3.90. The van der Waals surface area contributed by atoms with E-state index in [1.54, 1.807) is 23.3 Å². The molecule has 6 heteroatoms. The standard InChI is InChI=1S/C20H25NO4S/c1-14(2)25-17-8-5-7-16(11-17)12-20(23)24-13-19(22)21(4)15(3)18-9-6-10-26-18/h5-11,14-15H,12-13H2,1-4H3. The van der Waals surface area contributed by atoms with Crippen LogP contribution in [0.15, 0.2) is 41.8 Å². The Morgan fingerprint density at radius 3 is 2.58 bits per heavy atom. The minimum Gasteiger partial charge on any atom is -0.491 e. The first kappa shape index (κ1) is 20.0. The van der Waals surface area contributed by atoms with Gasteiger partial charge in [0.15, 0.2) is 6.61 Å². The molecule has 1 aromatic carbocycles. The molecule has 2 aromatic rings. The average Bonchev–Trinajstić information content (AvgIpc) is 3.12. The molecule has 26 heavy (non-hydrogen) atoms. The van der Waals surface area contributed by atoms with E-state index < -0.39 is 5.97 Å². The quantitative estimate of drug-likeness (QED) is 0.658. The van der Waals surface area contributed by atoms with Gasteiger partial charge in [-0.25, -0.2) is 0 Å². The Morgan fingerprint density at radius 1 is 1.15 bits per heavy atom. The monoisotopic (exact) mass is 375 g/mol. The number of benzene rings is 1. The molecule has 0 bridgehead atoms. The fourth-order valence-electron chi connectivity index (χ4n) is 2.40. The van der Waals surface area contributed by atoms with E-state index in [0.717, 1.165) is 10.4 Å². The summed E-state index contributed by atoms with van der Waals surface area (Å²) in [5, 5.41) is 1.97. The lowest BCUT2D eigenvalue weighted by molar-refractivity contribution is -0.151. The molecule has 0 aliphatic rings. The van der Waals surface area contributed by atoms with Gasteiger partial charge in [0.05, 0.1) is 18.6 Å². The molecule has 1 unspecified atom stereocenters. The molecule has 1 aromatic heterocycles. The van der Waals surface area contributed by atoms with Crippen molar-refractivity contribution in [3.63, 3.8) is 0 Å². The number of hydrogen-bond donors (Lipinski definition) is 0. The lowest BCUT2D eigenvalue weighted by Crippen LogP contribution is -2.33. The van der Waals surface area contributed by atoms with Crippen LogP contribution in [0.25, 0.3) is 0 Å². The van der Waals surface area contributed by atoms with Crippen molar-refractivity contribution in [1.82, 2.24) is 4.90 Å². The second kappa shape index (κ2) is 9.38. The summed E-state index contributed by atoms with van der Waals surface area (Å²) in [6.07, 6.45) is 0.169. The summed E-state index contributed by atoms with van der Waals surface area (Å²) < 4.78 is 10.8. The van der Waals surface area contributed by atoms with E-state index in [1.165, 1.54) is 0 Å². The largest absolute Gasteiger partial charge is 0.491 e. The SMILES string of the molecule is CC(C)Oc1cccc(CC(=O)OCC(=O)N(C)C(C)c2cccs2)c1. The van der Waals surface area contributed by atoms with Crippen LogP contribution in [0.2, 0.25) is 0 Å². The second-order valence-corrected chi connectivity index (χ2v) is 7.33. The zero-order valence-electron chi connectivity index (χ0n) is 15.6. The van der Waals surface area contributed by atoms with Gasteiger partial charge in [-0.15, -0.1) is 11.3 Å². The number of nitrogens with zero attached hydrogens (tertiary/aromatic N) is 1. The molecule has 1 amide bonds. The third kappa shape index (κ3) is 5.88. The Kier molecular flexibility index (Phi) is 7.21. The zero-order chi connectivity index (χ0) is 19.1. The fraction of sp³-hybridized carbons (Fsp3) is 0.400. The number of esters is 1. The van der Waals surface area contributed by atoms with Gasteiger partial charge in [-0.1, -0.05) is 18.2 Å². The molecular weight excluding hydrogens is 350 g/mol. The number of thiophene rings is 1. The molecular formula is C20H25NO4S. The molecule has 0 fully saturated rings. The van der Waals surface area contributed by atoms with Gasteiger partial charge in [0.25, 0.3) is 5.91 Å². The Hall–Kier alpha value is -2.34. The van der Waals surface area contributed by atoms with E-state index in [2.05, 4.69) is 0 Å². The maximum Gasteiger partial charge on any atom is 0.310 e. The minimum atomic E-state index is -0.433. The number of rotatable bonds is 8. The number of carbonyl (C=O) groups excluding carboxylic acids is 2. The van der Waals surface area contributed by atoms with Crippen LogP contribution in [0.4, 0.5) is 0 Å². The Morgan fingerprint density at radius 2 is 1.92 bits per heavy atom. The van der Waals surface area contributed by atoms with Crippen LogP contribution in [0, 0.1) is 0 Å². The maximum atomic E-state index is 12.2. The molecule has 1 heterocycles. The summed E-state index contributed by atoms with van der Waals surface area (Å²) in [7, 11) is 1.72. The van der Waals surface area contributed by atoms with Gasteiger partial charge in [0.1, 0.15) is 5.75 Å². The number of hydrogen-bond acceptors (Lipinski definition) is 5. The molecule has 5 nitrogen and oxygen atoms in total. The Labute approximate surface area is 158 Å². The van der Waals surface area contributed by atoms with Crippen LogP contribution in [-0.2, 0) is 20.7 Å². The summed E-state index contributed by atoms with van der Waals surface area (Å²) in [4.78, 5) is 27.0. The predicted octanol–water partition coefficient (Wildman–Crippen LogP) is 3.84. The first-order valence-electron chi connectivity index (χ1n) is 8.57. The summed E-state index contributed by atoms with van der Waals surface area (Å²) in [6.45, 7) is 5.58. The van der Waals surface area contributed by atoms with Crippen LogP contribution in [-0.4, -0.2) is 36.5 Å². The zero-order valence-corrected chi connectivity index (χ0v) is 16.4. The van der Waals surface area contributed by atoms with Crippen LogP contribution < -0.4 is 4.74 Å². The average molecular weight is 375 g/mol. The van der Waals surface area contributed by atoms with Crippen molar-refractivity contribution in [2.24, 2.45) is 0 Å². The van der Waals surface area contributed by atoms with Crippen LogP contribution >= 0.6 is 11.3 Å². The fourth-order valence-corrected chi connectivity index (χ4v) is 3.22. The van der Waals surface area contributed by atoms with Gasteiger partial charge in [-0.2, -0.15) is 0 Å². The van der Waals surface area contributed by atoms with Crippen LogP contribution in [0.3, 0.4) is 0 Å². The topological polar surface area (TPSA) is 55.8 Å². The normalized spacial score (nSPS) is 11.9. The molecule has 0 saturated heterocycles. The van der Waals surface area contributed by atoms with Crippen LogP contribution in [0.1, 0.15) is 37.3 Å². The highest BCUT2D eigenvalue weighted by Crippen LogP contribution is 2.23. The molecule has 140 valence electrons. The lowest BCUT2D eigenvalue weighted by atomic mass is 10.1. The number of carbonyl (C=O) groups is 2. The van der Waals surface area contributed by atoms with Crippen molar-refractivity contribution in [2.75, 3.05) is 13.7 Å². The van der Waals surface area contributed by atoms with Crippen molar-refractivity contribution in [2.45, 2.75) is 39.3 Å². The molecule has 0 N–H and O–H groups in total. The first-order valence-corrected chi connectivity index (χ1v) is 9.45. The van der Waals surface area contributed by atoms with Gasteiger partial charge in [0, 0.05) is 11.9 Å². The number of ether oxygens (including phenoxy) is 2. The van der Waals surface area contributed by atoms with Gasteiger partial charge in [-0.3, -0.25) is 9.59 Å². The Balaban J connectivity index is 1.83. The van der Waals surface area contributed by atoms with Gasteiger partial charge < -0.3 is 14.4 Å². The van der Waals surface area contributed by atoms with E-state index in [9.17, 15) is 9.59 Å². The smallest absolute Gasteiger partial charge is 0.310 e. The van der Waals surface area contributed by atoms with Crippen molar-refractivity contribution >= 4 is 23.2 Å². The van der Waals surface area contributed by atoms with Crippen molar-refractivity contribution in [1.29, 1.82) is 0 Å². The summed E-state index contributed by atoms with van der Waals surface area (Å²) in [5.41, 5.74) is 0.793. The first-order chi connectivity index (χ1) is 12.4. The Bertz CT molecular complexity index is 727. The molecule has 0 spiro atoms. The predicted molar refractivity (Wildman–Crippen MR) is 102 cm³/mol. The van der Waals surface area contributed by atoms with Gasteiger partial charge >= 0.3 is 5.97 Å². The second-order valence-electron chi connectivity index (χ2n) is 6.35. The molecule has 2 rings (SSSR count). The van der Waals surface area contributed by atoms with Gasteiger partial charge in [0.2, 0.25) is 0 Å². The van der Waals surface area contributed by atoms with E-state index in [4.69, 9.17) is 9.47 Å². The van der Waals surface area contributed by atoms with Crippen molar-refractivity contribution in [3.05, 3.63) is 52.2 Å². The summed E-state index contributed by atoms with van der Waals surface area (Å²) >= 11 is 1.59. The maximum absolute atomic E-state index is 12.2. The van der Waals surface area contributed by atoms with E-state index in [-0.39, 0.29) is 31.1 Å². The number of likely N-dealkylation sites (N-methyl/N-ethyl adjacent to an activating group) is 1. The van der Waals surface area contributed by atoms with Crippen molar-refractivity contribution < 1.29 is 19.1 Å². The van der Waals surface area contributed by atoms with Crippen LogP contribution in [0.5, 0.6) is 5.75 Å². The molecule has 0 aliphatic carbocycles. The molecule has 1 atom stereocenters. The highest BCUT2D eigenvalue weighted by molar-refractivity contribution is 7.10.